The van der Waals surface area contributed by atoms with E-state index in [1.807, 2.05) is 0 Å². The molecule has 0 aliphatic rings. The SMILES string of the molecule is CCC(C)CCCCCCCCCCCCC(=O)OC[C@@H](COC(=O)CCCCCCCCCCC(C)C)OC(=O)CCCCCCCCCCCCCCC(C)C. The van der Waals surface area contributed by atoms with Gasteiger partial charge in [-0.15, -0.1) is 0 Å². The summed E-state index contributed by atoms with van der Waals surface area (Å²) >= 11 is 0. The van der Waals surface area contributed by atoms with Gasteiger partial charge in [-0.3, -0.25) is 14.4 Å². The van der Waals surface area contributed by atoms with Crippen LogP contribution < -0.4 is 0 Å². The molecule has 0 aromatic heterocycles. The van der Waals surface area contributed by atoms with Gasteiger partial charge in [0, 0.05) is 19.3 Å². The van der Waals surface area contributed by atoms with E-state index in [0.717, 1.165) is 75.5 Å². The Bertz CT molecular complexity index is 900. The Morgan fingerprint density at radius 3 is 0.897 bits per heavy atom. The third-order valence-electron chi connectivity index (χ3n) is 12.0. The summed E-state index contributed by atoms with van der Waals surface area (Å²) in [4.78, 5) is 37.9. The Balaban J connectivity index is 4.33. The molecule has 0 saturated carbocycles. The highest BCUT2D eigenvalue weighted by Crippen LogP contribution is 2.18. The molecule has 6 nitrogen and oxygen atoms in total. The van der Waals surface area contributed by atoms with Crippen molar-refractivity contribution in [2.24, 2.45) is 17.8 Å². The predicted molar refractivity (Wildman–Crippen MR) is 247 cm³/mol. The Labute approximate surface area is 361 Å². The van der Waals surface area contributed by atoms with Crippen LogP contribution >= 0.6 is 0 Å². The molecule has 58 heavy (non-hydrogen) atoms. The number of hydrogen-bond donors (Lipinski definition) is 0. The van der Waals surface area contributed by atoms with Gasteiger partial charge in [-0.1, -0.05) is 241 Å². The van der Waals surface area contributed by atoms with Crippen LogP contribution in [0, 0.1) is 17.8 Å². The van der Waals surface area contributed by atoms with E-state index in [4.69, 9.17) is 14.2 Å². The van der Waals surface area contributed by atoms with Crippen molar-refractivity contribution in [1.82, 2.24) is 0 Å². The largest absolute Gasteiger partial charge is 0.462 e. The minimum atomic E-state index is -0.763. The van der Waals surface area contributed by atoms with Gasteiger partial charge < -0.3 is 14.2 Å². The third kappa shape index (κ3) is 44.0. The Morgan fingerprint density at radius 2 is 0.603 bits per heavy atom. The molecule has 0 heterocycles. The number of esters is 3. The minimum Gasteiger partial charge on any atom is -0.462 e. The molecule has 0 aliphatic carbocycles. The number of unbranched alkanes of at least 4 members (excludes halogenated alkanes) is 27. The second-order valence-corrected chi connectivity index (χ2v) is 19.0. The van der Waals surface area contributed by atoms with E-state index in [0.29, 0.717) is 19.3 Å². The molecule has 0 N–H and O–H groups in total. The van der Waals surface area contributed by atoms with Crippen LogP contribution in [0.2, 0.25) is 0 Å². The topological polar surface area (TPSA) is 78.9 Å². The number of carbonyl (C=O) groups is 3. The summed E-state index contributed by atoms with van der Waals surface area (Å²) < 4.78 is 16.8. The number of hydrogen-bond acceptors (Lipinski definition) is 6. The molecule has 2 atom stereocenters. The molecule has 1 unspecified atom stereocenters. The van der Waals surface area contributed by atoms with Crippen molar-refractivity contribution in [2.45, 2.75) is 285 Å². The van der Waals surface area contributed by atoms with Crippen molar-refractivity contribution in [1.29, 1.82) is 0 Å². The van der Waals surface area contributed by atoms with Crippen LogP contribution in [0.5, 0.6) is 0 Å². The zero-order valence-corrected chi connectivity index (χ0v) is 39.8. The van der Waals surface area contributed by atoms with E-state index in [-0.39, 0.29) is 31.1 Å². The highest BCUT2D eigenvalue weighted by molar-refractivity contribution is 5.71. The van der Waals surface area contributed by atoms with E-state index in [1.54, 1.807) is 0 Å². The zero-order chi connectivity index (χ0) is 42.7. The molecule has 0 fully saturated rings. The van der Waals surface area contributed by atoms with E-state index in [1.165, 1.54) is 161 Å². The smallest absolute Gasteiger partial charge is 0.306 e. The summed E-state index contributed by atoms with van der Waals surface area (Å²) in [7, 11) is 0. The van der Waals surface area contributed by atoms with Gasteiger partial charge in [-0.2, -0.15) is 0 Å². The van der Waals surface area contributed by atoms with E-state index in [9.17, 15) is 14.4 Å². The fourth-order valence-corrected chi connectivity index (χ4v) is 7.73. The fourth-order valence-electron chi connectivity index (χ4n) is 7.73. The van der Waals surface area contributed by atoms with Crippen molar-refractivity contribution in [3.8, 4) is 0 Å². The third-order valence-corrected chi connectivity index (χ3v) is 12.0. The van der Waals surface area contributed by atoms with Crippen LogP contribution in [0.3, 0.4) is 0 Å². The maximum absolute atomic E-state index is 12.8. The van der Waals surface area contributed by atoms with Crippen molar-refractivity contribution >= 4 is 17.9 Å². The van der Waals surface area contributed by atoms with E-state index < -0.39 is 6.10 Å². The Hall–Kier alpha value is -1.59. The fraction of sp³-hybridized carbons (Fsp3) is 0.942. The van der Waals surface area contributed by atoms with Gasteiger partial charge in [0.2, 0.25) is 0 Å². The van der Waals surface area contributed by atoms with Gasteiger partial charge in [0.25, 0.3) is 0 Å². The monoisotopic (exact) mass is 821 g/mol. The molecule has 0 saturated heterocycles. The van der Waals surface area contributed by atoms with Crippen LogP contribution in [-0.2, 0) is 28.6 Å². The molecular weight excluding hydrogens is 721 g/mol. The van der Waals surface area contributed by atoms with Crippen LogP contribution in [0.1, 0.15) is 279 Å². The number of rotatable bonds is 45. The van der Waals surface area contributed by atoms with Crippen molar-refractivity contribution < 1.29 is 28.6 Å². The van der Waals surface area contributed by atoms with E-state index >= 15 is 0 Å². The maximum atomic E-state index is 12.8. The van der Waals surface area contributed by atoms with E-state index in [2.05, 4.69) is 41.5 Å². The van der Waals surface area contributed by atoms with Crippen molar-refractivity contribution in [3.63, 3.8) is 0 Å². The highest BCUT2D eigenvalue weighted by Gasteiger charge is 2.19. The molecule has 0 amide bonds. The molecule has 0 aliphatic heterocycles. The molecule has 0 rings (SSSR count). The predicted octanol–water partition coefficient (Wildman–Crippen LogP) is 16.4. The summed E-state index contributed by atoms with van der Waals surface area (Å²) in [6.45, 7) is 13.7. The van der Waals surface area contributed by atoms with Crippen LogP contribution in [-0.4, -0.2) is 37.2 Å². The Morgan fingerprint density at radius 1 is 0.345 bits per heavy atom. The molecule has 6 heteroatoms. The second-order valence-electron chi connectivity index (χ2n) is 19.0. The second kappa shape index (κ2) is 43.5. The van der Waals surface area contributed by atoms with Gasteiger partial charge in [-0.05, 0) is 37.0 Å². The van der Waals surface area contributed by atoms with Crippen LogP contribution in [0.4, 0.5) is 0 Å². The first-order chi connectivity index (χ1) is 28.1. The molecule has 0 aromatic rings. The van der Waals surface area contributed by atoms with Crippen LogP contribution in [0.25, 0.3) is 0 Å². The normalized spacial score (nSPS) is 12.6. The lowest BCUT2D eigenvalue weighted by atomic mass is 9.99. The molecule has 0 aromatic carbocycles. The van der Waals surface area contributed by atoms with Gasteiger partial charge in [0.05, 0.1) is 0 Å². The van der Waals surface area contributed by atoms with Gasteiger partial charge in [-0.25, -0.2) is 0 Å². The summed E-state index contributed by atoms with van der Waals surface area (Å²) in [6, 6.07) is 0. The molecule has 0 bridgehead atoms. The van der Waals surface area contributed by atoms with Crippen molar-refractivity contribution in [3.05, 3.63) is 0 Å². The maximum Gasteiger partial charge on any atom is 0.306 e. The standard InChI is InChI=1S/C52H100O6/c1-7-48(6)40-34-28-22-15-12-13-16-23-29-35-41-50(53)56-44-49(45-57-51(54)42-36-30-24-19-18-21-27-33-39-47(4)5)58-52(55)43-37-31-25-17-11-9-8-10-14-20-26-32-38-46(2)3/h46-49H,7-45H2,1-6H3/t48?,49-/m0/s1. The lowest BCUT2D eigenvalue weighted by Crippen LogP contribution is -2.30. The number of carbonyl (C=O) groups excluding carboxylic acids is 3. The molecule has 0 spiro atoms. The molecular formula is C52H100O6. The summed E-state index contributed by atoms with van der Waals surface area (Å²) in [5, 5.41) is 0. The zero-order valence-electron chi connectivity index (χ0n) is 39.8. The summed E-state index contributed by atoms with van der Waals surface area (Å²) in [5.41, 5.74) is 0. The average molecular weight is 821 g/mol. The first-order valence-corrected chi connectivity index (χ1v) is 25.6. The van der Waals surface area contributed by atoms with Crippen LogP contribution in [0.15, 0.2) is 0 Å². The lowest BCUT2D eigenvalue weighted by Gasteiger charge is -2.18. The molecule has 344 valence electrons. The number of ether oxygens (including phenoxy) is 3. The minimum absolute atomic E-state index is 0.0652. The first-order valence-electron chi connectivity index (χ1n) is 25.6. The average Bonchev–Trinajstić information content (AvgIpc) is 3.19. The first kappa shape index (κ1) is 56.4. The molecule has 0 radical (unpaired) electrons. The Kier molecular flexibility index (Phi) is 42.3. The van der Waals surface area contributed by atoms with Gasteiger partial charge in [0.1, 0.15) is 13.2 Å². The quantitative estimate of drug-likeness (QED) is 0.0346. The van der Waals surface area contributed by atoms with Crippen molar-refractivity contribution in [2.75, 3.05) is 13.2 Å². The lowest BCUT2D eigenvalue weighted by molar-refractivity contribution is -0.167. The highest BCUT2D eigenvalue weighted by atomic mass is 16.6. The summed E-state index contributed by atoms with van der Waals surface area (Å²) in [6.07, 6.45) is 42.3. The van der Waals surface area contributed by atoms with Gasteiger partial charge in [0.15, 0.2) is 6.10 Å². The summed E-state index contributed by atoms with van der Waals surface area (Å²) in [5.74, 6) is 1.64. The van der Waals surface area contributed by atoms with Gasteiger partial charge >= 0.3 is 17.9 Å².